The molecule has 2 heterocycles. The maximum absolute atomic E-state index is 12.2. The molecule has 8 atom stereocenters. The van der Waals surface area contributed by atoms with Crippen molar-refractivity contribution in [2.45, 2.75) is 135 Å². The maximum Gasteiger partial charge on any atom is 0.310 e. The van der Waals surface area contributed by atoms with Crippen LogP contribution in [0.1, 0.15) is 115 Å². The molecule has 0 radical (unpaired) electrons. The van der Waals surface area contributed by atoms with Gasteiger partial charge in [0.25, 0.3) is 0 Å². The first-order chi connectivity index (χ1) is 23.0. The van der Waals surface area contributed by atoms with Crippen molar-refractivity contribution in [3.05, 3.63) is 58.7 Å². The van der Waals surface area contributed by atoms with Gasteiger partial charge in [-0.05, 0) is 112 Å². The fourth-order valence-electron chi connectivity index (χ4n) is 11.1. The van der Waals surface area contributed by atoms with Crippen LogP contribution in [0.5, 0.6) is 11.5 Å². The Bertz CT molecular complexity index is 1590. The van der Waals surface area contributed by atoms with Crippen LogP contribution in [0, 0.1) is 28.6 Å². The van der Waals surface area contributed by atoms with E-state index in [0.717, 1.165) is 56.6 Å². The summed E-state index contributed by atoms with van der Waals surface area (Å²) in [5.74, 6) is 1.24. The fraction of sp³-hybridized carbons (Fsp3) is 0.690. The van der Waals surface area contributed by atoms with Gasteiger partial charge in [0.1, 0.15) is 11.7 Å². The molecule has 7 nitrogen and oxygen atoms in total. The van der Waals surface area contributed by atoms with Crippen molar-refractivity contribution in [1.82, 2.24) is 4.90 Å². The molecular weight excluding hydrogens is 614 g/mol. The van der Waals surface area contributed by atoms with E-state index in [2.05, 4.69) is 45.6 Å². The van der Waals surface area contributed by atoms with Crippen LogP contribution in [-0.4, -0.2) is 69.7 Å². The largest absolute Gasteiger partial charge is 0.504 e. The Morgan fingerprint density at radius 2 is 1.73 bits per heavy atom. The molecule has 5 aliphatic carbocycles. The molecule has 2 aliphatic heterocycles. The van der Waals surface area contributed by atoms with E-state index in [0.29, 0.717) is 17.7 Å². The summed E-state index contributed by atoms with van der Waals surface area (Å²) in [5, 5.41) is 32.0. The van der Waals surface area contributed by atoms with Crippen molar-refractivity contribution in [3.63, 3.8) is 0 Å². The third kappa shape index (κ3) is 5.03. The molecule has 2 spiro atoms. The van der Waals surface area contributed by atoms with Gasteiger partial charge in [0.15, 0.2) is 11.5 Å². The first-order valence-electron chi connectivity index (χ1n) is 18.9. The van der Waals surface area contributed by atoms with E-state index in [1.165, 1.54) is 36.1 Å². The number of ether oxygens (including phenoxy) is 2. The summed E-state index contributed by atoms with van der Waals surface area (Å²) >= 11 is 0. The molecule has 0 amide bonds. The minimum Gasteiger partial charge on any atom is -0.504 e. The molecule has 5 fully saturated rings. The lowest BCUT2D eigenvalue weighted by atomic mass is 9.33. The second-order valence-corrected chi connectivity index (χ2v) is 18.2. The summed E-state index contributed by atoms with van der Waals surface area (Å²) in [7, 11) is 1.83. The number of phenolic OH excluding ortho intramolecular Hbond substituents is 1. The average molecular weight is 674 g/mol. The zero-order valence-corrected chi connectivity index (χ0v) is 31.0. The number of carbonyl (C=O) groups is 1. The number of aliphatic carboxylic acids is 1. The molecule has 7 heteroatoms. The predicted octanol–water partition coefficient (Wildman–Crippen LogP) is 7.49. The highest BCUT2D eigenvalue weighted by atomic mass is 16.6. The highest BCUT2D eigenvalue weighted by molar-refractivity contribution is 5.75. The van der Waals surface area contributed by atoms with Crippen LogP contribution >= 0.6 is 0 Å². The zero-order chi connectivity index (χ0) is 35.3. The van der Waals surface area contributed by atoms with Gasteiger partial charge in [-0.25, -0.2) is 0 Å². The summed E-state index contributed by atoms with van der Waals surface area (Å²) in [6.07, 6.45) is 8.68. The summed E-state index contributed by atoms with van der Waals surface area (Å²) in [6, 6.07) is 12.3. The second kappa shape index (κ2) is 11.7. The number of hydrogen-bond donors (Lipinski definition) is 3. The summed E-state index contributed by atoms with van der Waals surface area (Å²) < 4.78 is 13.5. The van der Waals surface area contributed by atoms with Crippen LogP contribution in [0.3, 0.4) is 0 Å². The third-order valence-electron chi connectivity index (χ3n) is 14.4. The lowest BCUT2D eigenvalue weighted by molar-refractivity contribution is -0.312. The Hall–Kier alpha value is -2.61. The normalized spacial score (nSPS) is 34.4. The second-order valence-electron chi connectivity index (χ2n) is 18.2. The molecule has 2 aromatic rings. The van der Waals surface area contributed by atoms with Crippen LogP contribution in [0.15, 0.2) is 36.4 Å². The van der Waals surface area contributed by atoms with Gasteiger partial charge in [-0.15, -0.1) is 0 Å². The van der Waals surface area contributed by atoms with E-state index < -0.39 is 23.1 Å². The van der Waals surface area contributed by atoms with Gasteiger partial charge in [0, 0.05) is 42.0 Å². The first-order valence-corrected chi connectivity index (χ1v) is 18.9. The number of aromatic hydroxyl groups is 1. The summed E-state index contributed by atoms with van der Waals surface area (Å²) in [6.45, 7) is 16.9. The van der Waals surface area contributed by atoms with E-state index in [1.54, 1.807) is 6.92 Å². The quantitative estimate of drug-likeness (QED) is 0.267. The monoisotopic (exact) mass is 673 g/mol. The molecule has 2 aromatic carbocycles. The number of rotatable bonds is 8. The molecule has 4 saturated carbocycles. The molecule has 9 rings (SSSR count). The van der Waals surface area contributed by atoms with Crippen molar-refractivity contribution < 1.29 is 29.6 Å². The van der Waals surface area contributed by atoms with Gasteiger partial charge in [0.05, 0.1) is 11.5 Å². The zero-order valence-electron chi connectivity index (χ0n) is 31.0. The lowest BCUT2D eigenvalue weighted by Gasteiger charge is -2.75. The lowest BCUT2D eigenvalue weighted by Crippen LogP contribution is -2.83. The number of benzene rings is 2. The van der Waals surface area contributed by atoms with E-state index in [-0.39, 0.29) is 34.0 Å². The Kier molecular flexibility index (Phi) is 8.32. The van der Waals surface area contributed by atoms with Gasteiger partial charge < -0.3 is 24.8 Å². The third-order valence-corrected chi connectivity index (χ3v) is 14.4. The molecule has 49 heavy (non-hydrogen) atoms. The van der Waals surface area contributed by atoms with Crippen LogP contribution in [-0.2, 0) is 27.8 Å². The smallest absolute Gasteiger partial charge is 0.310 e. The Balaban J connectivity index is 0.000000214. The first kappa shape index (κ1) is 34.8. The number of carboxylic acid groups (broad SMARTS) is 1. The van der Waals surface area contributed by atoms with E-state index >= 15 is 0 Å². The van der Waals surface area contributed by atoms with Crippen molar-refractivity contribution in [2.24, 2.45) is 28.6 Å². The molecule has 3 N–H and O–H groups in total. The highest BCUT2D eigenvalue weighted by Gasteiger charge is 2.82. The highest BCUT2D eigenvalue weighted by Crippen LogP contribution is 2.78. The summed E-state index contributed by atoms with van der Waals surface area (Å²) in [5.41, 5.74) is 2.92. The van der Waals surface area contributed by atoms with E-state index in [4.69, 9.17) is 14.6 Å². The number of phenols is 1. The number of hydrogen-bond acceptors (Lipinski definition) is 6. The molecular formula is C42H59NO6. The minimum absolute atomic E-state index is 0.0294. The van der Waals surface area contributed by atoms with Gasteiger partial charge in [-0.3, -0.25) is 9.69 Å². The van der Waals surface area contributed by atoms with Crippen LogP contribution < -0.4 is 4.74 Å². The Morgan fingerprint density at radius 1 is 1.04 bits per heavy atom. The van der Waals surface area contributed by atoms with Gasteiger partial charge >= 0.3 is 5.97 Å². The number of piperidine rings is 1. The van der Waals surface area contributed by atoms with E-state index in [1.807, 2.05) is 44.4 Å². The standard InChI is InChI=1S/C29H41NO4.C13H18O2/c1-25(2,3)26(4,32)20-15-27-10-11-29(20,33-5)24-28(27)12-13-30(16-17-6-7-17)21(27)14-18-8-9-19(31)23(34-24)22(18)28;1-9(2)8-11-4-6-12(7-5-11)10(3)13(14)15/h8-9,17,20-21,24,31-32H,6-7,10-16H2,1-5H3;4-7,9-10H,8H2,1-3H3,(H,14,15)/t20-,21-,24-,26+,27-,28+,29+;/m1./s1. The van der Waals surface area contributed by atoms with Gasteiger partial charge in [-0.2, -0.15) is 0 Å². The van der Waals surface area contributed by atoms with Crippen molar-refractivity contribution in [1.29, 1.82) is 0 Å². The van der Waals surface area contributed by atoms with E-state index in [9.17, 15) is 15.0 Å². The number of fused-ring (bicyclic) bond motifs is 2. The average Bonchev–Trinajstić information content (AvgIpc) is 3.79. The molecule has 1 unspecified atom stereocenters. The SMILES string of the molecule is CC(C)Cc1ccc(C(C)C(=O)O)cc1.CO[C@@]12CC[C@@]3(C[C@@H]1[C@](C)(O)C(C)(C)C)[C@H]1Cc4ccc(O)c5c4[C@@]3(CCN1CC1CC1)[C@H]2O5. The number of methoxy groups -OCH3 is 1. The number of likely N-dealkylation sites (tertiary alicyclic amines) is 1. The molecule has 1 saturated heterocycles. The van der Waals surface area contributed by atoms with Crippen LogP contribution in [0.2, 0.25) is 0 Å². The minimum atomic E-state index is -0.909. The number of nitrogens with zero attached hydrogens (tertiary/aromatic N) is 1. The van der Waals surface area contributed by atoms with Crippen molar-refractivity contribution >= 4 is 5.97 Å². The van der Waals surface area contributed by atoms with Crippen LogP contribution in [0.25, 0.3) is 0 Å². The predicted molar refractivity (Wildman–Crippen MR) is 191 cm³/mol. The number of carboxylic acids is 1. The molecule has 4 bridgehead atoms. The van der Waals surface area contributed by atoms with Gasteiger partial charge in [-0.1, -0.05) is 65.0 Å². The Morgan fingerprint density at radius 3 is 2.33 bits per heavy atom. The van der Waals surface area contributed by atoms with Crippen molar-refractivity contribution in [2.75, 3.05) is 20.2 Å². The Labute approximate surface area is 293 Å². The molecule has 0 aromatic heterocycles. The molecule has 7 aliphatic rings. The maximum atomic E-state index is 12.2. The number of aliphatic hydroxyl groups is 1. The topological polar surface area (TPSA) is 99.5 Å². The van der Waals surface area contributed by atoms with Crippen LogP contribution in [0.4, 0.5) is 0 Å². The van der Waals surface area contributed by atoms with Crippen molar-refractivity contribution in [3.8, 4) is 11.5 Å². The fourth-order valence-corrected chi connectivity index (χ4v) is 11.1. The van der Waals surface area contributed by atoms with Gasteiger partial charge in [0.2, 0.25) is 0 Å². The summed E-state index contributed by atoms with van der Waals surface area (Å²) in [4.78, 5) is 13.6. The molecule has 268 valence electrons.